The Hall–Kier alpha value is -2.37. The number of furan rings is 1. The van der Waals surface area contributed by atoms with Gasteiger partial charge in [-0.3, -0.25) is 0 Å². The second kappa shape index (κ2) is 4.63. The first-order valence-electron chi connectivity index (χ1n) is 6.88. The molecule has 0 amide bonds. The average molecular weight is 269 g/mol. The molecule has 0 fully saturated rings. The lowest BCUT2D eigenvalue weighted by molar-refractivity contribution is 0.518. The summed E-state index contributed by atoms with van der Waals surface area (Å²) in [6.07, 6.45) is 6.68. The van der Waals surface area contributed by atoms with E-state index >= 15 is 0 Å². The number of anilines is 1. The van der Waals surface area contributed by atoms with Crippen molar-refractivity contribution in [3.63, 3.8) is 0 Å². The van der Waals surface area contributed by atoms with Gasteiger partial charge < -0.3 is 14.3 Å². The van der Waals surface area contributed by atoms with E-state index in [9.17, 15) is 0 Å². The minimum Gasteiger partial charge on any atom is -0.467 e. The Morgan fingerprint density at radius 2 is 2.30 bits per heavy atom. The summed E-state index contributed by atoms with van der Waals surface area (Å²) in [5.41, 5.74) is 1.78. The summed E-state index contributed by atoms with van der Waals surface area (Å²) in [7, 11) is 0. The zero-order valence-corrected chi connectivity index (χ0v) is 11.0. The van der Waals surface area contributed by atoms with E-state index in [0.29, 0.717) is 6.54 Å². The molecule has 1 aliphatic rings. The lowest BCUT2D eigenvalue weighted by atomic mass is 10.2. The van der Waals surface area contributed by atoms with Gasteiger partial charge in [-0.25, -0.2) is 15.0 Å². The van der Waals surface area contributed by atoms with Crippen molar-refractivity contribution < 1.29 is 4.42 Å². The number of hydrogen-bond donors (Lipinski definition) is 1. The molecule has 3 aromatic heterocycles. The van der Waals surface area contributed by atoms with Gasteiger partial charge in [0, 0.05) is 13.0 Å². The van der Waals surface area contributed by atoms with E-state index in [1.165, 1.54) is 12.8 Å². The normalized spacial score (nSPS) is 14.4. The third-order valence-electron chi connectivity index (χ3n) is 3.65. The van der Waals surface area contributed by atoms with Gasteiger partial charge in [0.25, 0.3) is 0 Å². The average Bonchev–Trinajstić information content (AvgIpc) is 3.12. The smallest absolute Gasteiger partial charge is 0.165 e. The van der Waals surface area contributed by atoms with Crippen LogP contribution < -0.4 is 5.32 Å². The van der Waals surface area contributed by atoms with Crippen molar-refractivity contribution in [2.24, 2.45) is 0 Å². The summed E-state index contributed by atoms with van der Waals surface area (Å²) in [5.74, 6) is 2.77. The van der Waals surface area contributed by atoms with E-state index in [1.807, 2.05) is 12.1 Å². The Kier molecular flexibility index (Phi) is 2.65. The molecule has 1 N–H and O–H groups in total. The molecule has 0 unspecified atom stereocenters. The van der Waals surface area contributed by atoms with E-state index < -0.39 is 0 Å². The predicted molar refractivity (Wildman–Crippen MR) is 74.3 cm³/mol. The first-order valence-corrected chi connectivity index (χ1v) is 6.88. The predicted octanol–water partition coefficient (Wildman–Crippen LogP) is 2.37. The van der Waals surface area contributed by atoms with Crippen LogP contribution in [0.15, 0.2) is 29.1 Å². The molecule has 0 aliphatic carbocycles. The molecule has 4 rings (SSSR count). The molecule has 0 aromatic carbocycles. The Balaban J connectivity index is 1.70. The second-order valence-electron chi connectivity index (χ2n) is 4.96. The molecule has 1 aliphatic heterocycles. The molecule has 0 atom stereocenters. The molecule has 3 aromatic rings. The first-order chi connectivity index (χ1) is 9.92. The van der Waals surface area contributed by atoms with Crippen LogP contribution in [0.25, 0.3) is 11.2 Å². The molecule has 0 saturated carbocycles. The van der Waals surface area contributed by atoms with Gasteiger partial charge in [0.2, 0.25) is 0 Å². The number of fused-ring (bicyclic) bond motifs is 3. The third kappa shape index (κ3) is 1.84. The zero-order chi connectivity index (χ0) is 13.4. The molecule has 0 bridgehead atoms. The number of aryl methyl sites for hydroxylation is 2. The van der Waals surface area contributed by atoms with Crippen molar-refractivity contribution in [3.8, 4) is 0 Å². The van der Waals surface area contributed by atoms with E-state index in [2.05, 4.69) is 19.9 Å². The molecule has 0 saturated heterocycles. The summed E-state index contributed by atoms with van der Waals surface area (Å²) >= 11 is 0. The van der Waals surface area contributed by atoms with Crippen molar-refractivity contribution in [2.45, 2.75) is 32.4 Å². The first kappa shape index (κ1) is 11.5. The molecule has 0 spiro atoms. The molecule has 4 heterocycles. The van der Waals surface area contributed by atoms with Gasteiger partial charge in [0.15, 0.2) is 17.0 Å². The van der Waals surface area contributed by atoms with Crippen LogP contribution in [0.4, 0.5) is 5.82 Å². The van der Waals surface area contributed by atoms with Crippen molar-refractivity contribution >= 4 is 17.0 Å². The van der Waals surface area contributed by atoms with Crippen molar-refractivity contribution in [2.75, 3.05) is 5.32 Å². The van der Waals surface area contributed by atoms with Crippen LogP contribution in [0.2, 0.25) is 0 Å². The van der Waals surface area contributed by atoms with Gasteiger partial charge in [0.05, 0.1) is 12.8 Å². The van der Waals surface area contributed by atoms with Gasteiger partial charge >= 0.3 is 0 Å². The number of rotatable bonds is 3. The Morgan fingerprint density at radius 1 is 1.30 bits per heavy atom. The summed E-state index contributed by atoms with van der Waals surface area (Å²) < 4.78 is 7.52. The van der Waals surface area contributed by atoms with Gasteiger partial charge in [0.1, 0.15) is 17.9 Å². The Labute approximate surface area is 115 Å². The summed E-state index contributed by atoms with van der Waals surface area (Å²) in [4.78, 5) is 13.4. The highest BCUT2D eigenvalue weighted by Gasteiger charge is 2.18. The maximum atomic E-state index is 5.32. The van der Waals surface area contributed by atoms with Crippen LogP contribution in [-0.2, 0) is 19.5 Å². The van der Waals surface area contributed by atoms with Crippen LogP contribution in [0, 0.1) is 0 Å². The fraction of sp³-hybridized carbons (Fsp3) is 0.357. The lowest BCUT2D eigenvalue weighted by Gasteiger charge is -2.12. The maximum absolute atomic E-state index is 5.32. The molecular formula is C14H15N5O. The second-order valence-corrected chi connectivity index (χ2v) is 4.96. The van der Waals surface area contributed by atoms with Gasteiger partial charge in [-0.2, -0.15) is 0 Å². The summed E-state index contributed by atoms with van der Waals surface area (Å²) in [5, 5.41) is 3.28. The largest absolute Gasteiger partial charge is 0.467 e. The number of nitrogens with one attached hydrogen (secondary N) is 1. The maximum Gasteiger partial charge on any atom is 0.165 e. The highest BCUT2D eigenvalue weighted by atomic mass is 16.3. The van der Waals surface area contributed by atoms with Crippen LogP contribution in [0.1, 0.15) is 24.4 Å². The van der Waals surface area contributed by atoms with Crippen LogP contribution in [-0.4, -0.2) is 19.5 Å². The highest BCUT2D eigenvalue weighted by molar-refractivity contribution is 5.83. The molecule has 20 heavy (non-hydrogen) atoms. The van der Waals surface area contributed by atoms with Crippen molar-refractivity contribution in [3.05, 3.63) is 36.3 Å². The number of hydrogen-bond acceptors (Lipinski definition) is 5. The van der Waals surface area contributed by atoms with E-state index in [4.69, 9.17) is 9.40 Å². The van der Waals surface area contributed by atoms with Crippen LogP contribution in [0.5, 0.6) is 0 Å². The summed E-state index contributed by atoms with van der Waals surface area (Å²) in [6, 6.07) is 3.81. The highest BCUT2D eigenvalue weighted by Crippen LogP contribution is 2.24. The quantitative estimate of drug-likeness (QED) is 0.790. The Morgan fingerprint density at radius 3 is 3.20 bits per heavy atom. The zero-order valence-electron chi connectivity index (χ0n) is 11.0. The number of aromatic nitrogens is 4. The molecule has 6 heteroatoms. The molecule has 102 valence electrons. The summed E-state index contributed by atoms with van der Waals surface area (Å²) in [6.45, 7) is 1.60. The van der Waals surface area contributed by atoms with Gasteiger partial charge in [-0.1, -0.05) is 0 Å². The fourth-order valence-corrected chi connectivity index (χ4v) is 2.67. The molecular weight excluding hydrogens is 254 g/mol. The standard InChI is InChI=1S/C14H15N5O/c1-2-6-19-11(5-1)18-12-13(16-9-17-14(12)19)15-8-10-4-3-7-20-10/h3-4,7,9H,1-2,5-6,8H2,(H,15,16,17). The third-order valence-corrected chi connectivity index (χ3v) is 3.65. The number of nitrogens with zero attached hydrogens (tertiary/aromatic N) is 4. The van der Waals surface area contributed by atoms with E-state index in [-0.39, 0.29) is 0 Å². The van der Waals surface area contributed by atoms with Crippen LogP contribution >= 0.6 is 0 Å². The van der Waals surface area contributed by atoms with Crippen molar-refractivity contribution in [1.29, 1.82) is 0 Å². The lowest BCUT2D eigenvalue weighted by Crippen LogP contribution is -2.10. The Bertz CT molecular complexity index is 731. The van der Waals surface area contributed by atoms with E-state index in [0.717, 1.165) is 41.5 Å². The van der Waals surface area contributed by atoms with Gasteiger partial charge in [-0.05, 0) is 25.0 Å². The minimum absolute atomic E-state index is 0.599. The topological polar surface area (TPSA) is 68.8 Å². The number of imidazole rings is 1. The SMILES string of the molecule is c1coc(CNc2ncnc3c2nc2n3CCCC2)c1. The van der Waals surface area contributed by atoms with E-state index in [1.54, 1.807) is 12.6 Å². The van der Waals surface area contributed by atoms with Crippen LogP contribution in [0.3, 0.4) is 0 Å². The van der Waals surface area contributed by atoms with Crippen molar-refractivity contribution in [1.82, 2.24) is 19.5 Å². The van der Waals surface area contributed by atoms with Gasteiger partial charge in [-0.15, -0.1) is 0 Å². The molecule has 6 nitrogen and oxygen atoms in total. The fourth-order valence-electron chi connectivity index (χ4n) is 2.67. The molecule has 0 radical (unpaired) electrons. The minimum atomic E-state index is 0.599. The monoisotopic (exact) mass is 269 g/mol.